The lowest BCUT2D eigenvalue weighted by Crippen LogP contribution is -2.46. The summed E-state index contributed by atoms with van der Waals surface area (Å²) < 4.78 is 43.3. The van der Waals surface area contributed by atoms with Crippen LogP contribution in [0.4, 0.5) is 18.0 Å². The molecule has 11 nitrogen and oxygen atoms in total. The number of amides is 3. The second-order valence-electron chi connectivity index (χ2n) is 10.6. The number of pyridine rings is 1. The summed E-state index contributed by atoms with van der Waals surface area (Å²) in [6, 6.07) is 6.11. The Balaban J connectivity index is 1.36. The number of halogens is 5. The molecule has 234 valence electrons. The van der Waals surface area contributed by atoms with E-state index in [4.69, 9.17) is 27.9 Å². The Bertz CT molecular complexity index is 1600. The summed E-state index contributed by atoms with van der Waals surface area (Å²) in [5, 5.41) is 17.1. The second-order valence-corrected chi connectivity index (χ2v) is 11.4. The molecule has 3 atom stereocenters. The molecule has 2 aromatic heterocycles. The van der Waals surface area contributed by atoms with Gasteiger partial charge in [-0.2, -0.15) is 18.3 Å². The standard InChI is InChI=1S/C28H27Cl2F3N6O5/c1-14-7-22-19(11-37(14)25(41)16-3-5-20(29)21(30)8-16)24-26(42)38(10-18(12-40)39(24)36-22)15(2)17-4-6-23(34-9-17)44-27(43)35-13-28(31,32)33/h3-6,8-9,14-15,18,40H,7,10-13H2,1-2H3,(H,35,43)/t14-,15?,18+/m1/s1. The van der Waals surface area contributed by atoms with Crippen LogP contribution in [0.15, 0.2) is 36.5 Å². The van der Waals surface area contributed by atoms with E-state index in [1.807, 2.05) is 6.92 Å². The van der Waals surface area contributed by atoms with Gasteiger partial charge in [0.15, 0.2) is 0 Å². The number of hydrogen-bond acceptors (Lipinski definition) is 7. The number of nitrogens with one attached hydrogen (secondary N) is 1. The third kappa shape index (κ3) is 6.33. The number of benzene rings is 1. The SMILES string of the molecule is CC(c1ccc(OC(=O)NCC(F)(F)F)nc1)N1C[C@@H](CO)n2nc3c(c2C1=O)CN(C(=O)c1ccc(Cl)c(Cl)c1)[C@H](C)C3. The van der Waals surface area contributed by atoms with Gasteiger partial charge in [0.2, 0.25) is 5.88 Å². The number of aliphatic hydroxyl groups excluding tert-OH is 1. The van der Waals surface area contributed by atoms with E-state index in [0.717, 1.165) is 0 Å². The van der Waals surface area contributed by atoms with Crippen LogP contribution in [-0.4, -0.2) is 79.5 Å². The number of hydrogen-bond donors (Lipinski definition) is 2. The Morgan fingerprint density at radius 1 is 1.20 bits per heavy atom. The molecule has 2 N–H and O–H groups in total. The van der Waals surface area contributed by atoms with Crippen molar-refractivity contribution in [1.82, 2.24) is 29.9 Å². The zero-order chi connectivity index (χ0) is 31.9. The molecule has 0 fully saturated rings. The molecule has 1 aromatic carbocycles. The first kappa shape index (κ1) is 31.5. The molecule has 4 heterocycles. The van der Waals surface area contributed by atoms with Gasteiger partial charge in [-0.1, -0.05) is 29.3 Å². The predicted molar refractivity (Wildman–Crippen MR) is 152 cm³/mol. The molecule has 44 heavy (non-hydrogen) atoms. The van der Waals surface area contributed by atoms with Gasteiger partial charge in [0, 0.05) is 42.4 Å². The van der Waals surface area contributed by atoms with Crippen molar-refractivity contribution in [2.45, 2.75) is 51.1 Å². The topological polar surface area (TPSA) is 130 Å². The Kier molecular flexibility index (Phi) is 8.78. The van der Waals surface area contributed by atoms with Gasteiger partial charge in [-0.05, 0) is 37.6 Å². The summed E-state index contributed by atoms with van der Waals surface area (Å²) in [5.41, 5.74) is 2.42. The Morgan fingerprint density at radius 3 is 2.59 bits per heavy atom. The minimum atomic E-state index is -4.59. The molecule has 0 saturated carbocycles. The fourth-order valence-electron chi connectivity index (χ4n) is 5.29. The van der Waals surface area contributed by atoms with Crippen LogP contribution in [-0.2, 0) is 13.0 Å². The summed E-state index contributed by atoms with van der Waals surface area (Å²) in [4.78, 5) is 46.3. The van der Waals surface area contributed by atoms with Gasteiger partial charge in [-0.25, -0.2) is 9.78 Å². The molecule has 2 aliphatic rings. The molecule has 0 spiro atoms. The van der Waals surface area contributed by atoms with Crippen molar-refractivity contribution in [2.75, 3.05) is 19.7 Å². The van der Waals surface area contributed by atoms with E-state index in [1.54, 1.807) is 34.2 Å². The van der Waals surface area contributed by atoms with Gasteiger partial charge < -0.3 is 25.0 Å². The Morgan fingerprint density at radius 2 is 1.95 bits per heavy atom. The van der Waals surface area contributed by atoms with E-state index in [2.05, 4.69) is 10.1 Å². The molecule has 1 unspecified atom stereocenters. The van der Waals surface area contributed by atoms with Crippen LogP contribution in [0.5, 0.6) is 5.88 Å². The smallest absolute Gasteiger partial charge is 0.394 e. The zero-order valence-corrected chi connectivity index (χ0v) is 24.9. The first-order chi connectivity index (χ1) is 20.8. The number of ether oxygens (including phenoxy) is 1. The third-order valence-corrected chi connectivity index (χ3v) is 8.37. The van der Waals surface area contributed by atoms with Crippen LogP contribution < -0.4 is 10.1 Å². The lowest BCUT2D eigenvalue weighted by Gasteiger charge is -2.38. The van der Waals surface area contributed by atoms with Crippen molar-refractivity contribution in [3.63, 3.8) is 0 Å². The largest absolute Gasteiger partial charge is 0.414 e. The number of alkyl halides is 3. The van der Waals surface area contributed by atoms with Crippen LogP contribution in [0.25, 0.3) is 0 Å². The minimum Gasteiger partial charge on any atom is -0.394 e. The fraction of sp³-hybridized carbons (Fsp3) is 0.393. The van der Waals surface area contributed by atoms with E-state index in [9.17, 15) is 32.7 Å². The van der Waals surface area contributed by atoms with Gasteiger partial charge in [0.25, 0.3) is 11.8 Å². The first-order valence-corrected chi connectivity index (χ1v) is 14.3. The molecule has 3 aromatic rings. The number of rotatable bonds is 6. The molecule has 0 saturated heterocycles. The van der Waals surface area contributed by atoms with Crippen molar-refractivity contribution < 1.29 is 37.4 Å². The van der Waals surface area contributed by atoms with Gasteiger partial charge in [-0.15, -0.1) is 0 Å². The monoisotopic (exact) mass is 654 g/mol. The Labute approximate surface area is 259 Å². The lowest BCUT2D eigenvalue weighted by atomic mass is 9.96. The number of aliphatic hydroxyl groups is 1. The van der Waals surface area contributed by atoms with Crippen molar-refractivity contribution in [3.05, 3.63) is 74.7 Å². The van der Waals surface area contributed by atoms with Crippen molar-refractivity contribution in [1.29, 1.82) is 0 Å². The van der Waals surface area contributed by atoms with Crippen LogP contribution in [0.2, 0.25) is 10.0 Å². The highest BCUT2D eigenvalue weighted by molar-refractivity contribution is 6.42. The number of carbonyl (C=O) groups is 3. The first-order valence-electron chi connectivity index (χ1n) is 13.5. The van der Waals surface area contributed by atoms with Crippen LogP contribution in [0.1, 0.15) is 63.6 Å². The Hall–Kier alpha value is -3.88. The molecule has 0 aliphatic carbocycles. The molecule has 0 bridgehead atoms. The summed E-state index contributed by atoms with van der Waals surface area (Å²) in [5.74, 6) is -0.875. The highest BCUT2D eigenvalue weighted by Crippen LogP contribution is 2.35. The van der Waals surface area contributed by atoms with E-state index in [0.29, 0.717) is 33.8 Å². The van der Waals surface area contributed by atoms with Gasteiger partial charge in [0.1, 0.15) is 12.2 Å². The number of carbonyl (C=O) groups excluding carboxylic acids is 3. The zero-order valence-electron chi connectivity index (χ0n) is 23.4. The molecule has 16 heteroatoms. The molecule has 3 amide bonds. The van der Waals surface area contributed by atoms with Gasteiger partial charge in [-0.3, -0.25) is 14.3 Å². The maximum atomic E-state index is 14.0. The van der Waals surface area contributed by atoms with Crippen LogP contribution in [0.3, 0.4) is 0 Å². The van der Waals surface area contributed by atoms with Crippen molar-refractivity contribution in [2.24, 2.45) is 0 Å². The molecular weight excluding hydrogens is 628 g/mol. The summed E-state index contributed by atoms with van der Waals surface area (Å²) in [6.07, 6.45) is -4.17. The molecule has 0 radical (unpaired) electrons. The van der Waals surface area contributed by atoms with E-state index >= 15 is 0 Å². The van der Waals surface area contributed by atoms with Gasteiger partial charge >= 0.3 is 12.3 Å². The number of aromatic nitrogens is 3. The average Bonchev–Trinajstić information content (AvgIpc) is 3.35. The summed E-state index contributed by atoms with van der Waals surface area (Å²) in [7, 11) is 0. The number of nitrogens with zero attached hydrogens (tertiary/aromatic N) is 5. The third-order valence-electron chi connectivity index (χ3n) is 7.64. The van der Waals surface area contributed by atoms with E-state index < -0.39 is 30.9 Å². The minimum absolute atomic E-state index is 0.112. The predicted octanol–water partition coefficient (Wildman–Crippen LogP) is 4.57. The number of fused-ring (bicyclic) bond motifs is 3. The van der Waals surface area contributed by atoms with Crippen molar-refractivity contribution in [3.8, 4) is 5.88 Å². The van der Waals surface area contributed by atoms with Gasteiger partial charge in [0.05, 0.1) is 41.0 Å². The summed E-state index contributed by atoms with van der Waals surface area (Å²) >= 11 is 12.2. The molecule has 2 aliphatic heterocycles. The van der Waals surface area contributed by atoms with Crippen molar-refractivity contribution >= 4 is 41.1 Å². The van der Waals surface area contributed by atoms with Crippen LogP contribution in [0, 0.1) is 0 Å². The van der Waals surface area contributed by atoms with E-state index in [-0.39, 0.29) is 54.1 Å². The highest BCUT2D eigenvalue weighted by Gasteiger charge is 2.41. The lowest BCUT2D eigenvalue weighted by molar-refractivity contribution is -0.123. The summed E-state index contributed by atoms with van der Waals surface area (Å²) in [6.45, 7) is 2.02. The maximum absolute atomic E-state index is 14.0. The molecular formula is C28H27Cl2F3N6O5. The van der Waals surface area contributed by atoms with Crippen LogP contribution >= 0.6 is 23.2 Å². The second kappa shape index (κ2) is 12.3. The molecule has 5 rings (SSSR count). The quantitative estimate of drug-likeness (QED) is 0.398. The normalized spacial score (nSPS) is 18.9. The highest BCUT2D eigenvalue weighted by atomic mass is 35.5. The maximum Gasteiger partial charge on any atom is 0.414 e. The fourth-order valence-corrected chi connectivity index (χ4v) is 5.59. The average molecular weight is 655 g/mol. The van der Waals surface area contributed by atoms with E-state index in [1.165, 1.54) is 29.1 Å².